The Morgan fingerprint density at radius 3 is 2.42 bits per heavy atom. The first-order valence-electron chi connectivity index (χ1n) is 12.9. The van der Waals surface area contributed by atoms with E-state index in [2.05, 4.69) is 89.4 Å². The number of nitrogens with zero attached hydrogens (tertiary/aromatic N) is 4. The highest BCUT2D eigenvalue weighted by molar-refractivity contribution is 5.82. The number of aromatic nitrogens is 2. The van der Waals surface area contributed by atoms with Gasteiger partial charge in [-0.25, -0.2) is 9.78 Å². The minimum Gasteiger partial charge on any atom is -0.368 e. The SMILES string of the molecule is CCCN(Cc1cc(-c2ccc3nc(C)[nH]c3c2)ccc1C)C(=O)N1CCN(c2ccccc2)CC1. The molecule has 0 radical (unpaired) electrons. The van der Waals surface area contributed by atoms with E-state index in [4.69, 9.17) is 0 Å². The number of hydrogen-bond donors (Lipinski definition) is 1. The Morgan fingerprint density at radius 2 is 1.67 bits per heavy atom. The predicted molar refractivity (Wildman–Crippen MR) is 147 cm³/mol. The third kappa shape index (κ3) is 5.08. The molecule has 1 aliphatic heterocycles. The number of aryl methyl sites for hydroxylation is 2. The van der Waals surface area contributed by atoms with E-state index in [1.165, 1.54) is 16.8 Å². The molecule has 0 unspecified atom stereocenters. The van der Waals surface area contributed by atoms with Crippen molar-refractivity contribution in [2.75, 3.05) is 37.6 Å². The van der Waals surface area contributed by atoms with Crippen molar-refractivity contribution in [3.63, 3.8) is 0 Å². The number of urea groups is 1. The minimum absolute atomic E-state index is 0.142. The third-order valence-corrected chi connectivity index (χ3v) is 7.08. The van der Waals surface area contributed by atoms with E-state index in [0.717, 1.165) is 67.1 Å². The van der Waals surface area contributed by atoms with E-state index in [0.29, 0.717) is 6.54 Å². The first-order chi connectivity index (χ1) is 17.5. The Balaban J connectivity index is 1.31. The van der Waals surface area contributed by atoms with Crippen LogP contribution in [0.25, 0.3) is 22.2 Å². The van der Waals surface area contributed by atoms with Gasteiger partial charge in [0.15, 0.2) is 0 Å². The highest BCUT2D eigenvalue weighted by Gasteiger charge is 2.25. The van der Waals surface area contributed by atoms with Gasteiger partial charge in [0, 0.05) is 45.0 Å². The zero-order valence-corrected chi connectivity index (χ0v) is 21.5. The lowest BCUT2D eigenvalue weighted by atomic mass is 9.99. The molecule has 0 atom stereocenters. The third-order valence-electron chi connectivity index (χ3n) is 7.08. The first-order valence-corrected chi connectivity index (χ1v) is 12.9. The monoisotopic (exact) mass is 481 g/mol. The van der Waals surface area contributed by atoms with Crippen LogP contribution in [0.2, 0.25) is 0 Å². The van der Waals surface area contributed by atoms with Gasteiger partial charge in [0.05, 0.1) is 11.0 Å². The summed E-state index contributed by atoms with van der Waals surface area (Å²) in [6, 6.07) is 23.5. The molecule has 1 aromatic heterocycles. The average Bonchev–Trinajstić information content (AvgIpc) is 3.29. The lowest BCUT2D eigenvalue weighted by molar-refractivity contribution is 0.147. The van der Waals surface area contributed by atoms with Crippen molar-refractivity contribution in [3.8, 4) is 11.1 Å². The molecule has 0 spiro atoms. The van der Waals surface area contributed by atoms with Crippen LogP contribution in [-0.2, 0) is 6.54 Å². The number of aromatic amines is 1. The maximum Gasteiger partial charge on any atom is 0.320 e. The van der Waals surface area contributed by atoms with Crippen molar-refractivity contribution < 1.29 is 4.79 Å². The molecule has 0 aliphatic carbocycles. The number of H-pyrrole nitrogens is 1. The van der Waals surface area contributed by atoms with Gasteiger partial charge in [0.1, 0.15) is 5.82 Å². The molecule has 1 aliphatic rings. The smallest absolute Gasteiger partial charge is 0.320 e. The molecule has 4 aromatic rings. The number of imidazole rings is 1. The standard InChI is InChI=1S/C30H35N5O/c1-4-14-35(30(36)34-17-15-33(16-18-34)27-8-6-5-7-9-27)21-26-19-24(11-10-22(26)2)25-12-13-28-29(20-25)32-23(3)31-28/h5-13,19-20H,4,14-18,21H2,1-3H3,(H,31,32). The van der Waals surface area contributed by atoms with Crippen molar-refractivity contribution in [3.05, 3.63) is 83.7 Å². The number of rotatable bonds is 6. The molecule has 186 valence electrons. The fraction of sp³-hybridized carbons (Fsp3) is 0.333. The lowest BCUT2D eigenvalue weighted by Gasteiger charge is -2.38. The van der Waals surface area contributed by atoms with E-state index >= 15 is 0 Å². The molecule has 1 N–H and O–H groups in total. The van der Waals surface area contributed by atoms with E-state index in [-0.39, 0.29) is 6.03 Å². The summed E-state index contributed by atoms with van der Waals surface area (Å²) >= 11 is 0. The van der Waals surface area contributed by atoms with E-state index in [1.807, 2.05) is 22.8 Å². The van der Waals surface area contributed by atoms with Crippen LogP contribution in [0.5, 0.6) is 0 Å². The maximum atomic E-state index is 13.6. The minimum atomic E-state index is 0.142. The average molecular weight is 482 g/mol. The topological polar surface area (TPSA) is 55.5 Å². The molecule has 36 heavy (non-hydrogen) atoms. The van der Waals surface area contributed by atoms with Gasteiger partial charge in [-0.15, -0.1) is 0 Å². The Hall–Kier alpha value is -3.80. The summed E-state index contributed by atoms with van der Waals surface area (Å²) in [6.45, 7) is 10.8. The van der Waals surface area contributed by atoms with Crippen molar-refractivity contribution in [2.24, 2.45) is 0 Å². The van der Waals surface area contributed by atoms with E-state index in [1.54, 1.807) is 0 Å². The predicted octanol–water partition coefficient (Wildman–Crippen LogP) is 6.00. The summed E-state index contributed by atoms with van der Waals surface area (Å²) in [4.78, 5) is 27.8. The summed E-state index contributed by atoms with van der Waals surface area (Å²) in [5.74, 6) is 0.921. The van der Waals surface area contributed by atoms with Gasteiger partial charge in [-0.1, -0.05) is 43.3 Å². The number of anilines is 1. The molecule has 6 heteroatoms. The van der Waals surface area contributed by atoms with Crippen LogP contribution in [0.4, 0.5) is 10.5 Å². The molecule has 0 saturated carbocycles. The Bertz CT molecular complexity index is 1340. The fourth-order valence-electron chi connectivity index (χ4n) is 5.05. The quantitative estimate of drug-likeness (QED) is 0.367. The Morgan fingerprint density at radius 1 is 0.944 bits per heavy atom. The Kier molecular flexibility index (Phi) is 6.94. The van der Waals surface area contributed by atoms with Crippen molar-refractivity contribution in [1.29, 1.82) is 0 Å². The molecule has 6 nitrogen and oxygen atoms in total. The highest BCUT2D eigenvalue weighted by Crippen LogP contribution is 2.27. The number of amides is 2. The summed E-state index contributed by atoms with van der Waals surface area (Å²) in [5, 5.41) is 0. The molecule has 1 saturated heterocycles. The zero-order valence-electron chi connectivity index (χ0n) is 21.5. The second-order valence-corrected chi connectivity index (χ2v) is 9.71. The van der Waals surface area contributed by atoms with E-state index in [9.17, 15) is 4.79 Å². The zero-order chi connectivity index (χ0) is 25.1. The number of carbonyl (C=O) groups excluding carboxylic acids is 1. The molecular formula is C30H35N5O. The van der Waals surface area contributed by atoms with Gasteiger partial charge < -0.3 is 19.7 Å². The molecule has 1 fully saturated rings. The highest BCUT2D eigenvalue weighted by atomic mass is 16.2. The fourth-order valence-corrected chi connectivity index (χ4v) is 5.05. The molecule has 2 amide bonds. The summed E-state index contributed by atoms with van der Waals surface area (Å²) in [7, 11) is 0. The molecular weight excluding hydrogens is 446 g/mol. The van der Waals surface area contributed by atoms with Gasteiger partial charge >= 0.3 is 6.03 Å². The van der Waals surface area contributed by atoms with Crippen molar-refractivity contribution in [1.82, 2.24) is 19.8 Å². The van der Waals surface area contributed by atoms with E-state index < -0.39 is 0 Å². The van der Waals surface area contributed by atoms with Crippen LogP contribution in [-0.4, -0.2) is 58.5 Å². The number of carbonyl (C=O) groups is 1. The van der Waals surface area contributed by atoms with Crippen LogP contribution in [0, 0.1) is 13.8 Å². The van der Waals surface area contributed by atoms with Gasteiger partial charge in [0.25, 0.3) is 0 Å². The number of hydrogen-bond acceptors (Lipinski definition) is 3. The second-order valence-electron chi connectivity index (χ2n) is 9.71. The molecule has 5 rings (SSSR count). The van der Waals surface area contributed by atoms with Crippen LogP contribution >= 0.6 is 0 Å². The van der Waals surface area contributed by atoms with Crippen LogP contribution in [0.1, 0.15) is 30.3 Å². The van der Waals surface area contributed by atoms with Crippen molar-refractivity contribution >= 4 is 22.8 Å². The summed E-state index contributed by atoms with van der Waals surface area (Å²) < 4.78 is 0. The van der Waals surface area contributed by atoms with Gasteiger partial charge in [-0.2, -0.15) is 0 Å². The van der Waals surface area contributed by atoms with Gasteiger partial charge in [-0.05, 0) is 72.9 Å². The number of fused-ring (bicyclic) bond motifs is 1. The maximum absolute atomic E-state index is 13.6. The Labute approximate surface area is 213 Å². The molecule has 2 heterocycles. The number of nitrogens with one attached hydrogen (secondary N) is 1. The van der Waals surface area contributed by atoms with Crippen LogP contribution < -0.4 is 4.90 Å². The van der Waals surface area contributed by atoms with Gasteiger partial charge in [-0.3, -0.25) is 0 Å². The lowest BCUT2D eigenvalue weighted by Crippen LogP contribution is -2.53. The van der Waals surface area contributed by atoms with Gasteiger partial charge in [0.2, 0.25) is 0 Å². The first kappa shape index (κ1) is 23.9. The van der Waals surface area contributed by atoms with Crippen molar-refractivity contribution in [2.45, 2.75) is 33.7 Å². The van der Waals surface area contributed by atoms with Crippen LogP contribution in [0.15, 0.2) is 66.7 Å². The second kappa shape index (κ2) is 10.4. The largest absolute Gasteiger partial charge is 0.368 e. The number of para-hydroxylation sites is 1. The normalized spacial score (nSPS) is 13.9. The molecule has 0 bridgehead atoms. The van der Waals surface area contributed by atoms with Crippen LogP contribution in [0.3, 0.4) is 0 Å². The number of benzene rings is 3. The molecule has 3 aromatic carbocycles. The summed E-state index contributed by atoms with van der Waals surface area (Å²) in [5.41, 5.74) is 7.97. The summed E-state index contributed by atoms with van der Waals surface area (Å²) in [6.07, 6.45) is 0.935. The number of piperazine rings is 1.